The molecule has 0 spiro atoms. The summed E-state index contributed by atoms with van der Waals surface area (Å²) in [5, 5.41) is 0. The lowest BCUT2D eigenvalue weighted by atomic mass is 9.93. The number of piperidine rings is 1. The fourth-order valence-corrected chi connectivity index (χ4v) is 5.09. The molecular formula is C22H30N2O6. The largest absolute Gasteiger partial charge is 0.342 e. The lowest BCUT2D eigenvalue weighted by molar-refractivity contribution is -0.235. The monoisotopic (exact) mass is 418 g/mol. The van der Waals surface area contributed by atoms with Crippen LogP contribution in [-0.2, 0) is 28.5 Å². The Morgan fingerprint density at radius 2 is 1.77 bits per heavy atom. The third-order valence-electron chi connectivity index (χ3n) is 6.25. The Labute approximate surface area is 176 Å². The van der Waals surface area contributed by atoms with Crippen LogP contribution in [0.2, 0.25) is 0 Å². The zero-order valence-electron chi connectivity index (χ0n) is 17.9. The molecule has 0 bridgehead atoms. The molecule has 4 saturated heterocycles. The molecule has 0 unspecified atom stereocenters. The first kappa shape index (κ1) is 20.3. The van der Waals surface area contributed by atoms with E-state index in [9.17, 15) is 4.79 Å². The maximum absolute atomic E-state index is 13.8. The lowest BCUT2D eigenvalue weighted by Crippen LogP contribution is -2.60. The molecule has 30 heavy (non-hydrogen) atoms. The lowest BCUT2D eigenvalue weighted by Gasteiger charge is -2.42. The van der Waals surface area contributed by atoms with Crippen molar-refractivity contribution in [2.45, 2.75) is 95.3 Å². The minimum atomic E-state index is -0.827. The second-order valence-electron chi connectivity index (χ2n) is 9.42. The van der Waals surface area contributed by atoms with Gasteiger partial charge < -0.3 is 28.6 Å². The van der Waals surface area contributed by atoms with E-state index in [1.165, 1.54) is 0 Å². The molecule has 1 aromatic heterocycles. The highest BCUT2D eigenvalue weighted by molar-refractivity contribution is 5.82. The summed E-state index contributed by atoms with van der Waals surface area (Å²) in [4.78, 5) is 20.0. The number of pyridine rings is 1. The molecular weight excluding hydrogens is 388 g/mol. The van der Waals surface area contributed by atoms with Gasteiger partial charge >= 0.3 is 0 Å². The molecule has 5 heterocycles. The van der Waals surface area contributed by atoms with Crippen molar-refractivity contribution in [1.82, 2.24) is 9.88 Å². The van der Waals surface area contributed by atoms with Gasteiger partial charge in [-0.25, -0.2) is 0 Å². The van der Waals surface area contributed by atoms with E-state index in [0.29, 0.717) is 6.54 Å². The Hall–Kier alpha value is -1.58. The number of ether oxygens (including phenoxy) is 5. The highest BCUT2D eigenvalue weighted by atomic mass is 16.9. The molecule has 0 saturated carbocycles. The first-order valence-electron chi connectivity index (χ1n) is 10.8. The van der Waals surface area contributed by atoms with E-state index >= 15 is 0 Å². The summed E-state index contributed by atoms with van der Waals surface area (Å²) in [7, 11) is 0. The predicted octanol–water partition coefficient (Wildman–Crippen LogP) is 2.53. The van der Waals surface area contributed by atoms with Gasteiger partial charge in [0.25, 0.3) is 5.91 Å². The van der Waals surface area contributed by atoms with E-state index in [4.69, 9.17) is 23.7 Å². The number of hydrogen-bond acceptors (Lipinski definition) is 7. The number of amides is 1. The van der Waals surface area contributed by atoms with Crippen LogP contribution in [-0.4, -0.2) is 64.6 Å². The molecule has 1 aromatic rings. The Balaban J connectivity index is 1.44. The molecule has 8 heteroatoms. The molecule has 4 aliphatic heterocycles. The summed E-state index contributed by atoms with van der Waals surface area (Å²) in [6, 6.07) is 3.91. The standard InChI is InChI=1S/C22H30N2O6/c1-21(2)27-15-16(28-21)18-20(30-22(3,4)29-18)26-17(15)19(25)24-11-6-5-9-14(24)13-8-7-10-23-12-13/h7-8,10,12,14-18,20H,5-6,9,11H2,1-4H3/t14-,15-,16+,17+,18+,20+/m1/s1. The Morgan fingerprint density at radius 1 is 1.03 bits per heavy atom. The Morgan fingerprint density at radius 3 is 2.53 bits per heavy atom. The zero-order valence-corrected chi connectivity index (χ0v) is 17.9. The summed E-state index contributed by atoms with van der Waals surface area (Å²) in [5.41, 5.74) is 1.04. The predicted molar refractivity (Wildman–Crippen MR) is 105 cm³/mol. The number of likely N-dealkylation sites (tertiary alicyclic amines) is 1. The number of aromatic nitrogens is 1. The van der Waals surface area contributed by atoms with Crippen LogP contribution < -0.4 is 0 Å². The van der Waals surface area contributed by atoms with Crippen LogP contribution in [0.3, 0.4) is 0 Å². The Kier molecular flexibility index (Phi) is 4.91. The minimum Gasteiger partial charge on any atom is -0.342 e. The van der Waals surface area contributed by atoms with E-state index in [-0.39, 0.29) is 11.9 Å². The molecule has 6 atom stereocenters. The molecule has 8 nitrogen and oxygen atoms in total. The van der Waals surface area contributed by atoms with Gasteiger partial charge in [0.1, 0.15) is 18.3 Å². The molecule has 5 rings (SSSR count). The summed E-state index contributed by atoms with van der Waals surface area (Å²) in [6.07, 6.45) is 3.62. The molecule has 0 N–H and O–H groups in total. The average molecular weight is 418 g/mol. The van der Waals surface area contributed by atoms with Crippen molar-refractivity contribution in [3.63, 3.8) is 0 Å². The van der Waals surface area contributed by atoms with E-state index in [0.717, 1.165) is 24.8 Å². The summed E-state index contributed by atoms with van der Waals surface area (Å²) in [5.74, 6) is -1.73. The van der Waals surface area contributed by atoms with Gasteiger partial charge in [-0.15, -0.1) is 0 Å². The second kappa shape index (κ2) is 7.24. The first-order chi connectivity index (χ1) is 14.2. The molecule has 0 aromatic carbocycles. The normalized spacial score (nSPS) is 39.4. The smallest absolute Gasteiger partial charge is 0.255 e. The third-order valence-corrected chi connectivity index (χ3v) is 6.25. The number of carbonyl (C=O) groups is 1. The van der Waals surface area contributed by atoms with E-state index in [2.05, 4.69) is 4.98 Å². The quantitative estimate of drug-likeness (QED) is 0.730. The van der Waals surface area contributed by atoms with E-state index in [1.807, 2.05) is 50.9 Å². The molecule has 1 amide bonds. The van der Waals surface area contributed by atoms with Crippen molar-refractivity contribution in [3.8, 4) is 0 Å². The van der Waals surface area contributed by atoms with Crippen LogP contribution in [0.25, 0.3) is 0 Å². The average Bonchev–Trinajstić information content (AvgIpc) is 3.21. The van der Waals surface area contributed by atoms with Crippen molar-refractivity contribution < 1.29 is 28.5 Å². The number of hydrogen-bond donors (Lipinski definition) is 0. The van der Waals surface area contributed by atoms with Crippen LogP contribution in [0.4, 0.5) is 0 Å². The van der Waals surface area contributed by atoms with Crippen LogP contribution >= 0.6 is 0 Å². The minimum absolute atomic E-state index is 0.0211. The molecule has 4 aliphatic rings. The summed E-state index contributed by atoms with van der Waals surface area (Å²) < 4.78 is 30.5. The summed E-state index contributed by atoms with van der Waals surface area (Å²) >= 11 is 0. The van der Waals surface area contributed by atoms with Gasteiger partial charge in [0.2, 0.25) is 0 Å². The summed E-state index contributed by atoms with van der Waals surface area (Å²) in [6.45, 7) is 8.05. The number of carbonyl (C=O) groups excluding carboxylic acids is 1. The molecule has 164 valence electrons. The van der Waals surface area contributed by atoms with E-state index < -0.39 is 42.3 Å². The van der Waals surface area contributed by atoms with Crippen LogP contribution in [0.1, 0.15) is 58.6 Å². The van der Waals surface area contributed by atoms with Crippen LogP contribution in [0, 0.1) is 0 Å². The van der Waals surface area contributed by atoms with Crippen molar-refractivity contribution in [2.75, 3.05) is 6.54 Å². The van der Waals surface area contributed by atoms with E-state index in [1.54, 1.807) is 6.20 Å². The number of nitrogens with zero attached hydrogens (tertiary/aromatic N) is 2. The molecule has 0 radical (unpaired) electrons. The van der Waals surface area contributed by atoms with Gasteiger partial charge in [-0.3, -0.25) is 9.78 Å². The highest BCUT2D eigenvalue weighted by Crippen LogP contribution is 2.45. The van der Waals surface area contributed by atoms with Crippen molar-refractivity contribution in [1.29, 1.82) is 0 Å². The molecule has 4 fully saturated rings. The van der Waals surface area contributed by atoms with Crippen LogP contribution in [0.5, 0.6) is 0 Å². The number of fused-ring (bicyclic) bond motifs is 3. The van der Waals surface area contributed by atoms with Crippen molar-refractivity contribution >= 4 is 5.91 Å². The van der Waals surface area contributed by atoms with Gasteiger partial charge in [0, 0.05) is 18.9 Å². The maximum atomic E-state index is 13.8. The van der Waals surface area contributed by atoms with Gasteiger partial charge in [0.15, 0.2) is 24.0 Å². The second-order valence-corrected chi connectivity index (χ2v) is 9.42. The zero-order chi connectivity index (χ0) is 21.1. The third kappa shape index (κ3) is 3.54. The maximum Gasteiger partial charge on any atom is 0.255 e. The van der Waals surface area contributed by atoms with Crippen LogP contribution in [0.15, 0.2) is 24.5 Å². The SMILES string of the molecule is CC1(C)O[C@@H]2O[C@H](C(=O)N3CCCC[C@@H]3c3cccnc3)[C@@H]3OC(C)(C)O[C@@H]3[C@@H]2O1. The fraction of sp³-hybridized carbons (Fsp3) is 0.727. The van der Waals surface area contributed by atoms with Crippen molar-refractivity contribution in [3.05, 3.63) is 30.1 Å². The molecule has 0 aliphatic carbocycles. The fourth-order valence-electron chi connectivity index (χ4n) is 5.09. The van der Waals surface area contributed by atoms with Crippen molar-refractivity contribution in [2.24, 2.45) is 0 Å². The first-order valence-corrected chi connectivity index (χ1v) is 10.8. The van der Waals surface area contributed by atoms with Gasteiger partial charge in [-0.1, -0.05) is 6.07 Å². The van der Waals surface area contributed by atoms with Gasteiger partial charge in [-0.2, -0.15) is 0 Å². The topological polar surface area (TPSA) is 79.4 Å². The Bertz CT molecular complexity index is 800. The van der Waals surface area contributed by atoms with Gasteiger partial charge in [0.05, 0.1) is 6.04 Å². The highest BCUT2D eigenvalue weighted by Gasteiger charge is 2.62. The van der Waals surface area contributed by atoms with Gasteiger partial charge in [-0.05, 0) is 58.6 Å². The number of rotatable bonds is 2.